The number of nitrogens with one attached hydrogen (secondary N) is 1. The Morgan fingerprint density at radius 3 is 2.75 bits per heavy atom. The van der Waals surface area contributed by atoms with Crippen molar-refractivity contribution in [1.29, 1.82) is 5.26 Å². The summed E-state index contributed by atoms with van der Waals surface area (Å²) in [6, 6.07) is 4.46. The van der Waals surface area contributed by atoms with Crippen molar-refractivity contribution in [2.45, 2.75) is 44.8 Å². The van der Waals surface area contributed by atoms with Crippen molar-refractivity contribution in [1.82, 2.24) is 9.97 Å². The smallest absolute Gasteiger partial charge is 0.191 e. The zero-order valence-corrected chi connectivity index (χ0v) is 13.5. The minimum Gasteiger partial charge on any atom is -0.370 e. The quantitative estimate of drug-likeness (QED) is 0.587. The number of hydrogen-bond acceptors (Lipinski definition) is 6. The normalized spacial score (nSPS) is 10.4. The lowest BCUT2D eigenvalue weighted by atomic mass is 10.3. The van der Waals surface area contributed by atoms with E-state index in [1.165, 1.54) is 11.8 Å². The third-order valence-electron chi connectivity index (χ3n) is 2.81. The van der Waals surface area contributed by atoms with Crippen LogP contribution >= 0.6 is 11.8 Å². The first-order chi connectivity index (χ1) is 9.62. The average molecular weight is 293 g/mol. The molecule has 0 atom stereocenters. The van der Waals surface area contributed by atoms with Crippen LogP contribution in [0.1, 0.15) is 33.6 Å². The van der Waals surface area contributed by atoms with E-state index in [9.17, 15) is 0 Å². The summed E-state index contributed by atoms with van der Waals surface area (Å²) < 4.78 is 0. The highest BCUT2D eigenvalue weighted by Crippen LogP contribution is 2.22. The molecule has 6 heteroatoms. The van der Waals surface area contributed by atoms with Crippen molar-refractivity contribution >= 4 is 23.4 Å². The number of rotatable bonds is 8. The summed E-state index contributed by atoms with van der Waals surface area (Å²) >= 11 is 1.53. The Morgan fingerprint density at radius 2 is 2.20 bits per heavy atom. The molecule has 1 rings (SSSR count). The first kappa shape index (κ1) is 16.6. The van der Waals surface area contributed by atoms with E-state index in [0.717, 1.165) is 29.8 Å². The molecule has 0 radical (unpaired) electrons. The van der Waals surface area contributed by atoms with Crippen molar-refractivity contribution < 1.29 is 0 Å². The molecule has 0 amide bonds. The molecule has 0 saturated heterocycles. The molecule has 0 fully saturated rings. The van der Waals surface area contributed by atoms with Gasteiger partial charge in [-0.05, 0) is 26.5 Å². The Kier molecular flexibility index (Phi) is 7.16. The standard InChI is InChI=1S/C14H23N5S/c1-5-8-16-12-10-13(18-14(17-12)20-4)19(11(2)3)9-6-7-15/h10-11H,5-6,8-9H2,1-4H3,(H,16,17,18). The number of anilines is 2. The molecule has 0 unspecified atom stereocenters. The van der Waals surface area contributed by atoms with Gasteiger partial charge in [0.1, 0.15) is 11.6 Å². The minimum absolute atomic E-state index is 0.298. The van der Waals surface area contributed by atoms with E-state index in [2.05, 4.69) is 47.0 Å². The summed E-state index contributed by atoms with van der Waals surface area (Å²) in [7, 11) is 0. The fraction of sp³-hybridized carbons (Fsp3) is 0.643. The monoisotopic (exact) mass is 293 g/mol. The summed E-state index contributed by atoms with van der Waals surface area (Å²) in [5.74, 6) is 1.73. The summed E-state index contributed by atoms with van der Waals surface area (Å²) in [5.41, 5.74) is 0. The molecule has 1 N–H and O–H groups in total. The fourth-order valence-electron chi connectivity index (χ4n) is 1.80. The summed E-state index contributed by atoms with van der Waals surface area (Å²) in [5, 5.41) is 12.8. The second kappa shape index (κ2) is 8.64. The van der Waals surface area contributed by atoms with Gasteiger partial charge in [-0.15, -0.1) is 0 Å². The lowest BCUT2D eigenvalue weighted by Crippen LogP contribution is -2.32. The highest BCUT2D eigenvalue weighted by molar-refractivity contribution is 7.98. The lowest BCUT2D eigenvalue weighted by molar-refractivity contribution is 0.670. The number of hydrogen-bond donors (Lipinski definition) is 1. The lowest BCUT2D eigenvalue weighted by Gasteiger charge is -2.27. The molecule has 0 aliphatic rings. The fourth-order valence-corrected chi connectivity index (χ4v) is 2.18. The number of thioether (sulfide) groups is 1. The predicted molar refractivity (Wildman–Crippen MR) is 85.3 cm³/mol. The van der Waals surface area contributed by atoms with Crippen LogP contribution in [-0.4, -0.2) is 35.4 Å². The Labute approximate surface area is 125 Å². The zero-order valence-electron chi connectivity index (χ0n) is 12.7. The maximum atomic E-state index is 8.79. The second-order valence-electron chi connectivity index (χ2n) is 4.72. The van der Waals surface area contributed by atoms with Crippen LogP contribution in [0.3, 0.4) is 0 Å². The third kappa shape index (κ3) is 4.89. The zero-order chi connectivity index (χ0) is 15.0. The van der Waals surface area contributed by atoms with Gasteiger partial charge in [0.05, 0.1) is 12.5 Å². The minimum atomic E-state index is 0.298. The largest absolute Gasteiger partial charge is 0.370 e. The van der Waals surface area contributed by atoms with Crippen LogP contribution in [0.4, 0.5) is 11.6 Å². The first-order valence-corrected chi connectivity index (χ1v) is 8.15. The van der Waals surface area contributed by atoms with Gasteiger partial charge in [0.15, 0.2) is 5.16 Å². The molecule has 0 bridgehead atoms. The van der Waals surface area contributed by atoms with E-state index < -0.39 is 0 Å². The molecule has 1 aromatic rings. The van der Waals surface area contributed by atoms with Crippen LogP contribution < -0.4 is 10.2 Å². The summed E-state index contributed by atoms with van der Waals surface area (Å²) in [4.78, 5) is 11.2. The summed E-state index contributed by atoms with van der Waals surface area (Å²) in [6.45, 7) is 7.92. The van der Waals surface area contributed by atoms with Gasteiger partial charge in [0.25, 0.3) is 0 Å². The van der Waals surface area contributed by atoms with Crippen molar-refractivity contribution in [2.75, 3.05) is 29.6 Å². The molecular formula is C14H23N5S. The second-order valence-corrected chi connectivity index (χ2v) is 5.49. The van der Waals surface area contributed by atoms with Gasteiger partial charge in [-0.25, -0.2) is 9.97 Å². The highest BCUT2D eigenvalue weighted by Gasteiger charge is 2.14. The van der Waals surface area contributed by atoms with Crippen LogP contribution in [-0.2, 0) is 0 Å². The third-order valence-corrected chi connectivity index (χ3v) is 3.36. The van der Waals surface area contributed by atoms with Gasteiger partial charge in [0, 0.05) is 25.2 Å². The molecule has 0 aliphatic heterocycles. The van der Waals surface area contributed by atoms with Gasteiger partial charge in [-0.1, -0.05) is 18.7 Å². The molecule has 0 aromatic carbocycles. The molecule has 1 heterocycles. The van der Waals surface area contributed by atoms with E-state index in [0.29, 0.717) is 19.0 Å². The van der Waals surface area contributed by atoms with Gasteiger partial charge in [-0.3, -0.25) is 0 Å². The van der Waals surface area contributed by atoms with Crippen molar-refractivity contribution in [3.05, 3.63) is 6.07 Å². The Hall–Kier alpha value is -1.48. The Balaban J connectivity index is 3.03. The molecule has 0 aliphatic carbocycles. The van der Waals surface area contributed by atoms with Crippen LogP contribution in [0.15, 0.2) is 11.2 Å². The predicted octanol–water partition coefficient (Wildman–Crippen LogP) is 3.15. The van der Waals surface area contributed by atoms with Crippen molar-refractivity contribution in [3.8, 4) is 6.07 Å². The van der Waals surface area contributed by atoms with E-state index >= 15 is 0 Å². The highest BCUT2D eigenvalue weighted by atomic mass is 32.2. The van der Waals surface area contributed by atoms with Crippen LogP contribution in [0.2, 0.25) is 0 Å². The van der Waals surface area contributed by atoms with Gasteiger partial charge in [-0.2, -0.15) is 5.26 Å². The Morgan fingerprint density at radius 1 is 1.45 bits per heavy atom. The average Bonchev–Trinajstić information content (AvgIpc) is 2.45. The number of nitrogens with zero attached hydrogens (tertiary/aromatic N) is 4. The van der Waals surface area contributed by atoms with Crippen LogP contribution in [0, 0.1) is 11.3 Å². The maximum absolute atomic E-state index is 8.79. The molecule has 0 saturated carbocycles. The molecule has 20 heavy (non-hydrogen) atoms. The molecule has 110 valence electrons. The van der Waals surface area contributed by atoms with E-state index in [1.807, 2.05) is 12.3 Å². The molecular weight excluding hydrogens is 270 g/mol. The first-order valence-electron chi connectivity index (χ1n) is 6.92. The maximum Gasteiger partial charge on any atom is 0.191 e. The van der Waals surface area contributed by atoms with Gasteiger partial charge < -0.3 is 10.2 Å². The SMILES string of the molecule is CCCNc1cc(N(CCC#N)C(C)C)nc(SC)n1. The summed E-state index contributed by atoms with van der Waals surface area (Å²) in [6.07, 6.45) is 3.52. The van der Waals surface area contributed by atoms with Gasteiger partial charge in [0.2, 0.25) is 0 Å². The van der Waals surface area contributed by atoms with E-state index in [4.69, 9.17) is 5.26 Å². The van der Waals surface area contributed by atoms with E-state index in [1.54, 1.807) is 0 Å². The number of aromatic nitrogens is 2. The van der Waals surface area contributed by atoms with E-state index in [-0.39, 0.29) is 0 Å². The molecule has 1 aromatic heterocycles. The van der Waals surface area contributed by atoms with Crippen molar-refractivity contribution in [2.24, 2.45) is 0 Å². The number of nitriles is 1. The van der Waals surface area contributed by atoms with Crippen molar-refractivity contribution in [3.63, 3.8) is 0 Å². The van der Waals surface area contributed by atoms with Crippen LogP contribution in [0.25, 0.3) is 0 Å². The molecule has 0 spiro atoms. The molecule has 5 nitrogen and oxygen atoms in total. The van der Waals surface area contributed by atoms with Gasteiger partial charge >= 0.3 is 0 Å². The Bertz CT molecular complexity index is 455. The topological polar surface area (TPSA) is 64.8 Å². The van der Waals surface area contributed by atoms with Crippen LogP contribution in [0.5, 0.6) is 0 Å².